The first kappa shape index (κ1) is 22.6. The Morgan fingerprint density at radius 3 is 2.21 bits per heavy atom. The van der Waals surface area contributed by atoms with E-state index in [1.54, 1.807) is 17.0 Å². The molecule has 1 aliphatic rings. The van der Waals surface area contributed by atoms with Gasteiger partial charge in [-0.15, -0.1) is 0 Å². The number of aliphatic hydroxyl groups excluding tert-OH is 1. The molecule has 1 aliphatic heterocycles. The van der Waals surface area contributed by atoms with Crippen molar-refractivity contribution in [1.82, 2.24) is 4.90 Å². The summed E-state index contributed by atoms with van der Waals surface area (Å²) in [7, 11) is 0. The smallest absolute Gasteiger partial charge is 0.321 e. The van der Waals surface area contributed by atoms with Gasteiger partial charge < -0.3 is 20.6 Å². The van der Waals surface area contributed by atoms with Gasteiger partial charge in [-0.2, -0.15) is 0 Å². The highest BCUT2D eigenvalue weighted by Crippen LogP contribution is 2.31. The largest absolute Gasteiger partial charge is 0.388 e. The molecule has 1 unspecified atom stereocenters. The molecular weight excluding hydrogens is 414 g/mol. The van der Waals surface area contributed by atoms with Crippen LogP contribution >= 0.6 is 0 Å². The van der Waals surface area contributed by atoms with Crippen molar-refractivity contribution in [3.05, 3.63) is 95.6 Å². The van der Waals surface area contributed by atoms with E-state index in [0.29, 0.717) is 30.0 Å². The van der Waals surface area contributed by atoms with Crippen molar-refractivity contribution < 1.29 is 14.7 Å². The number of hydrogen-bond donors (Lipinski definition) is 3. The van der Waals surface area contributed by atoms with Gasteiger partial charge in [0.1, 0.15) is 0 Å². The molecule has 0 saturated carbocycles. The maximum Gasteiger partial charge on any atom is 0.321 e. The number of nitrogens with zero attached hydrogens (tertiary/aromatic N) is 1. The number of para-hydroxylation sites is 1. The molecule has 3 N–H and O–H groups in total. The van der Waals surface area contributed by atoms with Crippen LogP contribution in [0.2, 0.25) is 0 Å². The molecule has 3 aromatic carbocycles. The lowest BCUT2D eigenvalue weighted by Gasteiger charge is -2.34. The van der Waals surface area contributed by atoms with Gasteiger partial charge >= 0.3 is 6.03 Å². The Balaban J connectivity index is 1.35. The first-order valence-corrected chi connectivity index (χ1v) is 11.3. The average molecular weight is 444 g/mol. The molecule has 0 radical (unpaired) electrons. The Kier molecular flexibility index (Phi) is 7.05. The monoisotopic (exact) mass is 443 g/mol. The Bertz CT molecular complexity index is 1090. The van der Waals surface area contributed by atoms with Crippen LogP contribution in [-0.2, 0) is 0 Å². The second kappa shape index (κ2) is 10.3. The number of carbonyl (C=O) groups excluding carboxylic acids is 2. The molecule has 1 saturated heterocycles. The lowest BCUT2D eigenvalue weighted by molar-refractivity contribution is 0.0683. The highest BCUT2D eigenvalue weighted by atomic mass is 16.3. The first-order valence-electron chi connectivity index (χ1n) is 11.3. The topological polar surface area (TPSA) is 81.7 Å². The molecular formula is C27H29N3O3. The fourth-order valence-electron chi connectivity index (χ4n) is 4.16. The number of likely N-dealkylation sites (tertiary alicyclic amines) is 1. The molecule has 3 aromatic rings. The summed E-state index contributed by atoms with van der Waals surface area (Å²) in [6.45, 7) is 3.05. The van der Waals surface area contributed by atoms with Crippen molar-refractivity contribution in [2.75, 3.05) is 23.7 Å². The Morgan fingerprint density at radius 2 is 1.55 bits per heavy atom. The highest BCUT2D eigenvalue weighted by molar-refractivity contribution is 6.05. The minimum absolute atomic E-state index is 0.128. The molecule has 0 spiro atoms. The normalized spacial score (nSPS) is 15.0. The van der Waals surface area contributed by atoms with E-state index in [1.165, 1.54) is 0 Å². The van der Waals surface area contributed by atoms with Crippen molar-refractivity contribution in [3.8, 4) is 0 Å². The van der Waals surface area contributed by atoms with Crippen LogP contribution in [0.4, 0.5) is 16.2 Å². The van der Waals surface area contributed by atoms with Gasteiger partial charge in [0.25, 0.3) is 5.91 Å². The third-order valence-corrected chi connectivity index (χ3v) is 6.19. The van der Waals surface area contributed by atoms with Crippen LogP contribution in [0.5, 0.6) is 0 Å². The summed E-state index contributed by atoms with van der Waals surface area (Å²) < 4.78 is 0. The third kappa shape index (κ3) is 5.59. The average Bonchev–Trinajstić information content (AvgIpc) is 2.86. The lowest BCUT2D eigenvalue weighted by Crippen LogP contribution is -2.42. The zero-order chi connectivity index (χ0) is 23.2. The van der Waals surface area contributed by atoms with E-state index in [4.69, 9.17) is 0 Å². The molecule has 0 aromatic heterocycles. The summed E-state index contributed by atoms with van der Waals surface area (Å²) in [5.41, 5.74) is 3.61. The molecule has 33 heavy (non-hydrogen) atoms. The number of urea groups is 1. The Labute approximate surface area is 194 Å². The predicted molar refractivity (Wildman–Crippen MR) is 130 cm³/mol. The van der Waals surface area contributed by atoms with Crippen molar-refractivity contribution in [2.24, 2.45) is 5.92 Å². The number of benzene rings is 3. The second-order valence-corrected chi connectivity index (χ2v) is 8.46. The number of carbonyl (C=O) groups is 2. The number of aliphatic hydroxyl groups is 1. The molecule has 1 atom stereocenters. The number of piperidine rings is 1. The highest BCUT2D eigenvalue weighted by Gasteiger charge is 2.28. The summed E-state index contributed by atoms with van der Waals surface area (Å²) in [6, 6.07) is 24.0. The number of rotatable bonds is 5. The van der Waals surface area contributed by atoms with Crippen molar-refractivity contribution in [1.29, 1.82) is 0 Å². The molecule has 1 heterocycles. The molecule has 1 fully saturated rings. The van der Waals surface area contributed by atoms with E-state index in [0.717, 1.165) is 24.0 Å². The van der Waals surface area contributed by atoms with E-state index >= 15 is 0 Å². The lowest BCUT2D eigenvalue weighted by atomic mass is 9.87. The molecule has 6 nitrogen and oxygen atoms in total. The molecule has 3 amide bonds. The zero-order valence-electron chi connectivity index (χ0n) is 18.7. The number of anilines is 2. The SMILES string of the molecule is Cc1ccc(C(=O)Nc2ccccc2)cc1NC(=O)N1CCC(C(O)c2ccccc2)CC1. The van der Waals surface area contributed by atoms with Gasteiger partial charge in [0.2, 0.25) is 0 Å². The van der Waals surface area contributed by atoms with Gasteiger partial charge in [0.05, 0.1) is 6.10 Å². The van der Waals surface area contributed by atoms with E-state index in [-0.39, 0.29) is 17.9 Å². The Morgan fingerprint density at radius 1 is 0.909 bits per heavy atom. The number of nitrogens with one attached hydrogen (secondary N) is 2. The maximum absolute atomic E-state index is 12.9. The van der Waals surface area contributed by atoms with E-state index in [9.17, 15) is 14.7 Å². The molecule has 0 aliphatic carbocycles. The minimum Gasteiger partial charge on any atom is -0.388 e. The summed E-state index contributed by atoms with van der Waals surface area (Å²) in [5, 5.41) is 16.5. The van der Waals surface area contributed by atoms with E-state index in [2.05, 4.69) is 10.6 Å². The van der Waals surface area contributed by atoms with Gasteiger partial charge in [-0.05, 0) is 61.1 Å². The van der Waals surface area contributed by atoms with Gasteiger partial charge in [-0.1, -0.05) is 54.6 Å². The summed E-state index contributed by atoms with van der Waals surface area (Å²) in [5.74, 6) is -0.101. The van der Waals surface area contributed by atoms with E-state index < -0.39 is 6.10 Å². The summed E-state index contributed by atoms with van der Waals surface area (Å²) >= 11 is 0. The van der Waals surface area contributed by atoms with Crippen LogP contribution in [0, 0.1) is 12.8 Å². The minimum atomic E-state index is -0.515. The first-order chi connectivity index (χ1) is 16.0. The second-order valence-electron chi connectivity index (χ2n) is 8.46. The van der Waals surface area contributed by atoms with Crippen LogP contribution in [0.15, 0.2) is 78.9 Å². The van der Waals surface area contributed by atoms with Gasteiger partial charge in [-0.25, -0.2) is 4.79 Å². The van der Waals surface area contributed by atoms with Crippen molar-refractivity contribution in [3.63, 3.8) is 0 Å². The van der Waals surface area contributed by atoms with Gasteiger partial charge in [0, 0.05) is 30.0 Å². The number of aryl methyl sites for hydroxylation is 1. The quantitative estimate of drug-likeness (QED) is 0.505. The summed E-state index contributed by atoms with van der Waals surface area (Å²) in [6.07, 6.45) is 0.961. The third-order valence-electron chi connectivity index (χ3n) is 6.19. The molecule has 6 heteroatoms. The van der Waals surface area contributed by atoms with Crippen molar-refractivity contribution in [2.45, 2.75) is 25.9 Å². The number of amides is 3. The van der Waals surface area contributed by atoms with Crippen LogP contribution in [0.25, 0.3) is 0 Å². The molecule has 4 rings (SSSR count). The predicted octanol–water partition coefficient (Wildman–Crippen LogP) is 5.22. The molecule has 0 bridgehead atoms. The standard InChI is InChI=1S/C27H29N3O3/c1-19-12-13-22(26(32)28-23-10-6-3-7-11-23)18-24(19)29-27(33)30-16-14-21(15-17-30)25(31)20-8-4-2-5-9-20/h2-13,18,21,25,31H,14-17H2,1H3,(H,28,32)(H,29,33). The van der Waals surface area contributed by atoms with Gasteiger partial charge in [0.15, 0.2) is 0 Å². The maximum atomic E-state index is 12.9. The van der Waals surface area contributed by atoms with E-state index in [1.807, 2.05) is 73.7 Å². The van der Waals surface area contributed by atoms with Crippen LogP contribution in [0.1, 0.15) is 40.4 Å². The van der Waals surface area contributed by atoms with Crippen LogP contribution in [-0.4, -0.2) is 35.0 Å². The summed E-state index contributed by atoms with van der Waals surface area (Å²) in [4.78, 5) is 27.3. The van der Waals surface area contributed by atoms with Gasteiger partial charge in [-0.3, -0.25) is 4.79 Å². The van der Waals surface area contributed by atoms with Crippen molar-refractivity contribution >= 4 is 23.3 Å². The fraction of sp³-hybridized carbons (Fsp3) is 0.259. The zero-order valence-corrected chi connectivity index (χ0v) is 18.7. The number of hydrogen-bond acceptors (Lipinski definition) is 3. The Hall–Kier alpha value is -3.64. The fourth-order valence-corrected chi connectivity index (χ4v) is 4.16. The van der Waals surface area contributed by atoms with Crippen LogP contribution < -0.4 is 10.6 Å². The molecule has 170 valence electrons. The van der Waals surface area contributed by atoms with Crippen LogP contribution in [0.3, 0.4) is 0 Å².